The third kappa shape index (κ3) is 4.25. The van der Waals surface area contributed by atoms with Gasteiger partial charge in [-0.1, -0.05) is 12.1 Å². The van der Waals surface area contributed by atoms with Crippen molar-refractivity contribution in [2.45, 2.75) is 18.0 Å². The van der Waals surface area contributed by atoms with Crippen molar-refractivity contribution in [3.05, 3.63) is 53.5 Å². The third-order valence-electron chi connectivity index (χ3n) is 3.00. The number of pyridine rings is 1. The van der Waals surface area contributed by atoms with Crippen molar-refractivity contribution in [3.63, 3.8) is 0 Å². The van der Waals surface area contributed by atoms with E-state index < -0.39 is 10.5 Å². The summed E-state index contributed by atoms with van der Waals surface area (Å²) in [6, 6.07) is 11.1. The van der Waals surface area contributed by atoms with Gasteiger partial charge in [-0.25, -0.2) is 9.37 Å². The highest BCUT2D eigenvalue weighted by Crippen LogP contribution is 2.29. The van der Waals surface area contributed by atoms with Crippen LogP contribution in [0.5, 0.6) is 11.6 Å². The molecule has 0 amide bonds. The number of aromatic nitrogens is 1. The molecule has 0 saturated carbocycles. The lowest BCUT2D eigenvalue weighted by molar-refractivity contribution is -0.126. The number of nitrogens with zero attached hydrogens (tertiary/aromatic N) is 1. The molecule has 0 aliphatic heterocycles. The fraction of sp³-hybridized carbons (Fsp3) is 0.312. The van der Waals surface area contributed by atoms with Gasteiger partial charge in [-0.05, 0) is 40.5 Å². The van der Waals surface area contributed by atoms with Crippen LogP contribution in [-0.4, -0.2) is 23.9 Å². The van der Waals surface area contributed by atoms with Crippen LogP contribution >= 0.6 is 15.9 Å². The Kier molecular flexibility index (Phi) is 5.50. The number of hydrogen-bond acceptors (Lipinski definition) is 4. The molecule has 0 unspecified atom stereocenters. The molecule has 0 aliphatic carbocycles. The van der Waals surface area contributed by atoms with Crippen molar-refractivity contribution in [1.82, 2.24) is 4.98 Å². The molecule has 1 aromatic heterocycles. The van der Waals surface area contributed by atoms with Gasteiger partial charge in [0.2, 0.25) is 10.6 Å². The van der Waals surface area contributed by atoms with Gasteiger partial charge in [0.15, 0.2) is 11.6 Å². The van der Waals surface area contributed by atoms with Gasteiger partial charge < -0.3 is 14.2 Å². The summed E-state index contributed by atoms with van der Waals surface area (Å²) in [5.74, 6) is -0.212. The lowest BCUT2D eigenvalue weighted by atomic mass is 10.1. The van der Waals surface area contributed by atoms with E-state index in [9.17, 15) is 4.39 Å². The Hall–Kier alpha value is -1.50. The molecule has 0 bridgehead atoms. The number of rotatable bonds is 6. The van der Waals surface area contributed by atoms with E-state index in [1.807, 2.05) is 13.0 Å². The van der Waals surface area contributed by atoms with E-state index in [1.165, 1.54) is 20.3 Å². The monoisotopic (exact) mass is 368 g/mol. The molecule has 1 heterocycles. The predicted molar refractivity (Wildman–Crippen MR) is 83.7 cm³/mol. The maximum atomic E-state index is 13.9. The summed E-state index contributed by atoms with van der Waals surface area (Å²) in [6.07, 6.45) is 0.331. The zero-order valence-electron chi connectivity index (χ0n) is 12.5. The summed E-state index contributed by atoms with van der Waals surface area (Å²) in [6.45, 7) is 1.83. The molecule has 22 heavy (non-hydrogen) atoms. The van der Waals surface area contributed by atoms with E-state index >= 15 is 0 Å². The first-order valence-electron chi connectivity index (χ1n) is 6.57. The zero-order valence-corrected chi connectivity index (χ0v) is 14.1. The lowest BCUT2D eigenvalue weighted by Crippen LogP contribution is -2.28. The Morgan fingerprint density at radius 2 is 1.95 bits per heavy atom. The van der Waals surface area contributed by atoms with Crippen molar-refractivity contribution in [2.24, 2.45) is 0 Å². The number of aryl methyl sites for hydroxylation is 1. The number of benzene rings is 1. The van der Waals surface area contributed by atoms with Crippen molar-refractivity contribution in [1.29, 1.82) is 0 Å². The van der Waals surface area contributed by atoms with Crippen LogP contribution in [-0.2, 0) is 15.9 Å². The first-order valence-corrected chi connectivity index (χ1v) is 7.36. The van der Waals surface area contributed by atoms with E-state index in [0.717, 1.165) is 5.69 Å². The average Bonchev–Trinajstić information content (AvgIpc) is 2.50. The van der Waals surface area contributed by atoms with Crippen LogP contribution in [0.25, 0.3) is 0 Å². The first kappa shape index (κ1) is 16.9. The molecule has 1 aromatic carbocycles. The molecule has 0 N–H and O–H groups in total. The zero-order chi connectivity index (χ0) is 16.2. The van der Waals surface area contributed by atoms with E-state index in [1.54, 1.807) is 18.2 Å². The second-order valence-electron chi connectivity index (χ2n) is 4.62. The first-order chi connectivity index (χ1) is 10.5. The molecular formula is C16H16BrFNO3. The van der Waals surface area contributed by atoms with E-state index in [4.69, 9.17) is 14.2 Å². The van der Waals surface area contributed by atoms with Crippen LogP contribution in [0.1, 0.15) is 11.3 Å². The van der Waals surface area contributed by atoms with Gasteiger partial charge in [-0.15, -0.1) is 0 Å². The fourth-order valence-electron chi connectivity index (χ4n) is 1.81. The molecule has 0 aliphatic rings. The predicted octanol–water partition coefficient (Wildman–Crippen LogP) is 4.01. The summed E-state index contributed by atoms with van der Waals surface area (Å²) in [4.78, 5) is 4.18. The number of methoxy groups -OCH3 is 2. The summed E-state index contributed by atoms with van der Waals surface area (Å²) in [7, 11) is 3.02. The van der Waals surface area contributed by atoms with Gasteiger partial charge in [0, 0.05) is 38.5 Å². The van der Waals surface area contributed by atoms with Gasteiger partial charge in [-0.3, -0.25) is 0 Å². The van der Waals surface area contributed by atoms with Crippen LogP contribution in [0, 0.1) is 18.8 Å². The van der Waals surface area contributed by atoms with Crippen molar-refractivity contribution in [3.8, 4) is 11.6 Å². The number of hydrogen-bond donors (Lipinski definition) is 0. The Morgan fingerprint density at radius 1 is 1.23 bits per heavy atom. The molecule has 2 aromatic rings. The fourth-order valence-corrected chi connectivity index (χ4v) is 2.11. The molecule has 0 fully saturated rings. The summed E-state index contributed by atoms with van der Waals surface area (Å²) in [5.41, 5.74) is 1.46. The van der Waals surface area contributed by atoms with Gasteiger partial charge in [0.05, 0.1) is 0 Å². The molecule has 117 valence electrons. The second-order valence-corrected chi connectivity index (χ2v) is 5.83. The van der Waals surface area contributed by atoms with Gasteiger partial charge in [0.25, 0.3) is 0 Å². The Labute approximate surface area is 137 Å². The highest BCUT2D eigenvalue weighted by molar-refractivity contribution is 9.10. The van der Waals surface area contributed by atoms with E-state index in [2.05, 4.69) is 27.0 Å². The van der Waals surface area contributed by atoms with Crippen LogP contribution in [0.3, 0.4) is 0 Å². The molecule has 0 spiro atoms. The maximum absolute atomic E-state index is 13.9. The summed E-state index contributed by atoms with van der Waals surface area (Å²) in [5, 5.41) is 0. The topological polar surface area (TPSA) is 40.6 Å². The Bertz CT molecular complexity index is 647. The molecular weight excluding hydrogens is 353 g/mol. The number of ether oxygens (including phenoxy) is 3. The molecule has 2 rings (SSSR count). The Balaban J connectivity index is 2.23. The highest BCUT2D eigenvalue weighted by atomic mass is 79.9. The molecule has 4 nitrogen and oxygen atoms in total. The lowest BCUT2D eigenvalue weighted by Gasteiger charge is -2.24. The number of alkyl halides is 1. The SMILES string of the molecule is COC(Br)(Cc1[c]c(Oc2cccc(C)n2)c(F)cc1)OC. The van der Waals surface area contributed by atoms with Crippen molar-refractivity contribution in [2.75, 3.05) is 14.2 Å². The van der Waals surface area contributed by atoms with E-state index in [0.29, 0.717) is 17.9 Å². The smallest absolute Gasteiger partial charge is 0.230 e. The van der Waals surface area contributed by atoms with Gasteiger partial charge in [0.1, 0.15) is 0 Å². The molecule has 0 saturated heterocycles. The average molecular weight is 369 g/mol. The largest absolute Gasteiger partial charge is 0.435 e. The van der Waals surface area contributed by atoms with Gasteiger partial charge in [-0.2, -0.15) is 0 Å². The van der Waals surface area contributed by atoms with Crippen molar-refractivity contribution < 1.29 is 18.6 Å². The highest BCUT2D eigenvalue weighted by Gasteiger charge is 2.26. The van der Waals surface area contributed by atoms with Crippen LogP contribution < -0.4 is 4.74 Å². The molecule has 0 atom stereocenters. The second kappa shape index (κ2) is 7.17. The maximum Gasteiger partial charge on any atom is 0.230 e. The quantitative estimate of drug-likeness (QED) is 0.570. The minimum absolute atomic E-state index is 0.0161. The minimum atomic E-state index is -0.986. The normalized spacial score (nSPS) is 11.5. The minimum Gasteiger partial charge on any atom is -0.435 e. The summed E-state index contributed by atoms with van der Waals surface area (Å²) >= 11 is 3.33. The van der Waals surface area contributed by atoms with Crippen molar-refractivity contribution >= 4 is 15.9 Å². The number of halogens is 2. The summed E-state index contributed by atoms with van der Waals surface area (Å²) < 4.78 is 28.8. The van der Waals surface area contributed by atoms with Gasteiger partial charge >= 0.3 is 0 Å². The Morgan fingerprint density at radius 3 is 2.59 bits per heavy atom. The molecule has 1 radical (unpaired) electrons. The van der Waals surface area contributed by atoms with Crippen LogP contribution in [0.4, 0.5) is 4.39 Å². The van der Waals surface area contributed by atoms with Crippen LogP contribution in [0.2, 0.25) is 0 Å². The van der Waals surface area contributed by atoms with E-state index in [-0.39, 0.29) is 5.75 Å². The molecule has 6 heteroatoms. The standard InChI is InChI=1S/C16H16BrFNO3/c1-11-5-4-6-15(19-11)22-14-9-12(7-8-13(14)18)10-16(17,20-2)21-3/h4-8H,10H2,1-3H3. The third-order valence-corrected chi connectivity index (χ3v) is 3.93. The van der Waals surface area contributed by atoms with Crippen LogP contribution in [0.15, 0.2) is 30.3 Å².